The zero-order chi connectivity index (χ0) is 21.3. The lowest BCUT2D eigenvalue weighted by atomic mass is 10.1. The molecule has 1 amide bonds. The van der Waals surface area contributed by atoms with E-state index in [4.69, 9.17) is 0 Å². The number of amides is 1. The number of halogens is 1. The first-order valence-electron chi connectivity index (χ1n) is 9.51. The molecule has 0 fully saturated rings. The van der Waals surface area contributed by atoms with Gasteiger partial charge in [0.05, 0.1) is 0 Å². The summed E-state index contributed by atoms with van der Waals surface area (Å²) in [5.74, 6) is 0.442. The smallest absolute Gasteiger partial charge is 0.300 e. The number of carbonyl (C=O) groups excluding carboxylic acids is 1. The lowest BCUT2D eigenvalue weighted by Crippen LogP contribution is -2.20. The van der Waals surface area contributed by atoms with Gasteiger partial charge in [-0.05, 0) is 61.4 Å². The number of fused-ring (bicyclic) bond motifs is 1. The van der Waals surface area contributed by atoms with E-state index in [-0.39, 0.29) is 23.5 Å². The highest BCUT2D eigenvalue weighted by Crippen LogP contribution is 2.15. The topological polar surface area (TPSA) is 81.3 Å². The second-order valence-electron chi connectivity index (χ2n) is 7.11. The van der Waals surface area contributed by atoms with Crippen LogP contribution >= 0.6 is 15.9 Å². The predicted molar refractivity (Wildman–Crippen MR) is 119 cm³/mol. The Hall–Kier alpha value is -3.26. The lowest BCUT2D eigenvalue weighted by molar-refractivity contribution is -0.116. The van der Waals surface area contributed by atoms with Gasteiger partial charge in [-0.3, -0.25) is 18.6 Å². The van der Waals surface area contributed by atoms with Crippen molar-refractivity contribution in [1.82, 2.24) is 19.2 Å². The average molecular weight is 466 g/mol. The molecule has 152 valence electrons. The van der Waals surface area contributed by atoms with Crippen molar-refractivity contribution in [1.29, 1.82) is 0 Å². The summed E-state index contributed by atoms with van der Waals surface area (Å²) >= 11 is 3.37. The van der Waals surface area contributed by atoms with Crippen molar-refractivity contribution < 1.29 is 4.79 Å². The fraction of sp³-hybridized carbons (Fsp3) is 0.182. The Kier molecular flexibility index (Phi) is 5.50. The van der Waals surface area contributed by atoms with Crippen molar-refractivity contribution in [3.05, 3.63) is 86.6 Å². The summed E-state index contributed by atoms with van der Waals surface area (Å²) in [6.45, 7) is 4.04. The summed E-state index contributed by atoms with van der Waals surface area (Å²) in [7, 11) is 0. The second-order valence-corrected chi connectivity index (χ2v) is 8.02. The van der Waals surface area contributed by atoms with Crippen LogP contribution in [0.5, 0.6) is 0 Å². The molecule has 4 aromatic rings. The van der Waals surface area contributed by atoms with Crippen LogP contribution in [0.2, 0.25) is 0 Å². The fourth-order valence-corrected chi connectivity index (χ4v) is 3.43. The van der Waals surface area contributed by atoms with Gasteiger partial charge < -0.3 is 5.32 Å². The van der Waals surface area contributed by atoms with E-state index in [9.17, 15) is 9.59 Å². The van der Waals surface area contributed by atoms with E-state index < -0.39 is 0 Å². The summed E-state index contributed by atoms with van der Waals surface area (Å²) < 4.78 is 4.15. The molecule has 4 rings (SSSR count). The Morgan fingerprint density at radius 3 is 2.53 bits per heavy atom. The van der Waals surface area contributed by atoms with Gasteiger partial charge in [0.1, 0.15) is 5.82 Å². The first-order valence-corrected chi connectivity index (χ1v) is 10.3. The zero-order valence-electron chi connectivity index (χ0n) is 16.6. The van der Waals surface area contributed by atoms with Gasteiger partial charge in [-0.25, -0.2) is 0 Å². The van der Waals surface area contributed by atoms with Crippen LogP contribution in [0, 0.1) is 13.8 Å². The Labute approximate surface area is 181 Å². The van der Waals surface area contributed by atoms with Gasteiger partial charge >= 0.3 is 5.56 Å². The number of rotatable bonds is 5. The van der Waals surface area contributed by atoms with Crippen molar-refractivity contribution in [3.8, 4) is 5.69 Å². The van der Waals surface area contributed by atoms with E-state index in [0.717, 1.165) is 21.4 Å². The maximum atomic E-state index is 12.9. The zero-order valence-corrected chi connectivity index (χ0v) is 18.2. The van der Waals surface area contributed by atoms with Crippen LogP contribution in [0.3, 0.4) is 0 Å². The van der Waals surface area contributed by atoms with Crippen LogP contribution in [0.4, 0.5) is 5.69 Å². The maximum Gasteiger partial charge on any atom is 0.300 e. The molecule has 0 aliphatic carbocycles. The molecule has 0 spiro atoms. The molecule has 0 saturated heterocycles. The molecule has 0 atom stereocenters. The van der Waals surface area contributed by atoms with Crippen LogP contribution < -0.4 is 10.9 Å². The number of hydrogen-bond acceptors (Lipinski definition) is 4. The minimum absolute atomic E-state index is 0.127. The van der Waals surface area contributed by atoms with Crippen molar-refractivity contribution in [2.45, 2.75) is 26.7 Å². The van der Waals surface area contributed by atoms with Crippen molar-refractivity contribution >= 4 is 33.2 Å². The Bertz CT molecular complexity index is 1290. The van der Waals surface area contributed by atoms with Crippen molar-refractivity contribution in [2.24, 2.45) is 0 Å². The number of aromatic nitrogens is 4. The van der Waals surface area contributed by atoms with Gasteiger partial charge in [-0.1, -0.05) is 22.0 Å². The van der Waals surface area contributed by atoms with Gasteiger partial charge in [0.25, 0.3) is 0 Å². The minimum Gasteiger partial charge on any atom is -0.326 e. The molecule has 0 unspecified atom stereocenters. The molecule has 0 radical (unpaired) electrons. The molecule has 0 saturated carbocycles. The summed E-state index contributed by atoms with van der Waals surface area (Å²) in [6.07, 6.45) is 4.07. The average Bonchev–Trinajstić information content (AvgIpc) is 3.15. The third-order valence-electron chi connectivity index (χ3n) is 5.01. The van der Waals surface area contributed by atoms with E-state index in [2.05, 4.69) is 31.4 Å². The predicted octanol–water partition coefficient (Wildman–Crippen LogP) is 3.83. The molecule has 7 nitrogen and oxygen atoms in total. The van der Waals surface area contributed by atoms with Gasteiger partial charge in [0, 0.05) is 41.1 Å². The Balaban J connectivity index is 1.52. The molecule has 2 aromatic heterocycles. The van der Waals surface area contributed by atoms with Crippen LogP contribution in [-0.4, -0.2) is 25.1 Å². The van der Waals surface area contributed by atoms with Crippen LogP contribution in [-0.2, 0) is 11.2 Å². The molecule has 0 aliphatic heterocycles. The highest BCUT2D eigenvalue weighted by atomic mass is 79.9. The molecule has 0 aliphatic rings. The molecule has 8 heteroatoms. The normalized spacial score (nSPS) is 11.0. The molecule has 1 N–H and O–H groups in total. The summed E-state index contributed by atoms with van der Waals surface area (Å²) in [5, 5.41) is 11.0. The van der Waals surface area contributed by atoms with E-state index in [1.807, 2.05) is 56.3 Å². The number of carbonyl (C=O) groups is 1. The van der Waals surface area contributed by atoms with Gasteiger partial charge in [0.15, 0.2) is 0 Å². The summed E-state index contributed by atoms with van der Waals surface area (Å²) in [6, 6.07) is 13.2. The number of nitrogens with one attached hydrogen (secondary N) is 1. The molecular weight excluding hydrogens is 446 g/mol. The molecular formula is C22H20BrN5O2. The minimum atomic E-state index is -0.251. The van der Waals surface area contributed by atoms with Gasteiger partial charge in [0.2, 0.25) is 11.6 Å². The SMILES string of the molecule is Cc1ccc(-n2ccn3c(CCC(=O)Nc4ccc(Br)cc4)nnc3c2=O)cc1C. The molecule has 0 bridgehead atoms. The van der Waals surface area contributed by atoms with Crippen molar-refractivity contribution in [2.75, 3.05) is 5.32 Å². The molecule has 2 aromatic carbocycles. The van der Waals surface area contributed by atoms with E-state index in [0.29, 0.717) is 12.2 Å². The van der Waals surface area contributed by atoms with E-state index in [1.165, 1.54) is 5.56 Å². The fourth-order valence-electron chi connectivity index (χ4n) is 3.17. The summed E-state index contributed by atoms with van der Waals surface area (Å²) in [4.78, 5) is 25.1. The first kappa shape index (κ1) is 20.0. The quantitative estimate of drug-likeness (QED) is 0.485. The number of anilines is 1. The maximum absolute atomic E-state index is 12.9. The monoisotopic (exact) mass is 465 g/mol. The second kappa shape index (κ2) is 8.23. The number of hydrogen-bond donors (Lipinski definition) is 1. The number of nitrogens with zero attached hydrogens (tertiary/aromatic N) is 4. The van der Waals surface area contributed by atoms with E-state index in [1.54, 1.807) is 21.4 Å². The van der Waals surface area contributed by atoms with Crippen LogP contribution in [0.1, 0.15) is 23.4 Å². The summed E-state index contributed by atoms with van der Waals surface area (Å²) in [5.41, 5.74) is 3.77. The standard InChI is InChI=1S/C22H20BrN5O2/c1-14-3-8-18(13-15(14)2)27-11-12-28-19(25-26-21(28)22(27)30)9-10-20(29)24-17-6-4-16(23)5-7-17/h3-8,11-13H,9-10H2,1-2H3,(H,24,29). The van der Waals surface area contributed by atoms with Crippen LogP contribution in [0.25, 0.3) is 11.3 Å². The highest BCUT2D eigenvalue weighted by Gasteiger charge is 2.13. The molecule has 2 heterocycles. The Morgan fingerprint density at radius 1 is 1.03 bits per heavy atom. The number of aryl methyl sites for hydroxylation is 3. The number of benzene rings is 2. The highest BCUT2D eigenvalue weighted by molar-refractivity contribution is 9.10. The third kappa shape index (κ3) is 4.04. The lowest BCUT2D eigenvalue weighted by Gasteiger charge is -2.09. The first-order chi connectivity index (χ1) is 14.4. The van der Waals surface area contributed by atoms with E-state index >= 15 is 0 Å². The van der Waals surface area contributed by atoms with Gasteiger partial charge in [-0.2, -0.15) is 0 Å². The van der Waals surface area contributed by atoms with Crippen LogP contribution in [0.15, 0.2) is 64.1 Å². The van der Waals surface area contributed by atoms with Crippen molar-refractivity contribution in [3.63, 3.8) is 0 Å². The Morgan fingerprint density at radius 2 is 1.80 bits per heavy atom. The largest absolute Gasteiger partial charge is 0.326 e. The molecule has 30 heavy (non-hydrogen) atoms. The van der Waals surface area contributed by atoms with Gasteiger partial charge in [-0.15, -0.1) is 10.2 Å². The third-order valence-corrected chi connectivity index (χ3v) is 5.54.